The van der Waals surface area contributed by atoms with Crippen LogP contribution in [0.5, 0.6) is 5.75 Å². The average Bonchev–Trinajstić information content (AvgIpc) is 2.67. The molecule has 25 heavy (non-hydrogen) atoms. The number of ether oxygens (including phenoxy) is 1. The first-order valence-electron chi connectivity index (χ1n) is 8.07. The molecule has 1 aromatic heterocycles. The molecule has 1 heterocycles. The van der Waals surface area contributed by atoms with Gasteiger partial charge in [-0.1, -0.05) is 48.5 Å². The third-order valence-electron chi connectivity index (χ3n) is 3.56. The van der Waals surface area contributed by atoms with Crippen molar-refractivity contribution in [3.8, 4) is 16.9 Å². The SMILES string of the molecule is NC(=NCCOc1ccccc1-c1ccccc1)Nc1ccncc1. The van der Waals surface area contributed by atoms with Gasteiger partial charge in [0.05, 0.1) is 6.54 Å². The monoisotopic (exact) mass is 332 g/mol. The number of aliphatic imine (C=N–C) groups is 1. The van der Waals surface area contributed by atoms with E-state index >= 15 is 0 Å². The van der Waals surface area contributed by atoms with Crippen LogP contribution in [0.2, 0.25) is 0 Å². The standard InChI is InChI=1S/C20H20N4O/c21-20(24-17-10-12-22-13-11-17)23-14-15-25-19-9-5-4-8-18(19)16-6-2-1-3-7-16/h1-13H,14-15H2,(H3,21,22,23,24). The van der Waals surface area contributed by atoms with Crippen molar-refractivity contribution in [1.82, 2.24) is 4.98 Å². The van der Waals surface area contributed by atoms with Crippen LogP contribution in [0.4, 0.5) is 5.69 Å². The zero-order valence-corrected chi connectivity index (χ0v) is 13.8. The van der Waals surface area contributed by atoms with E-state index in [0.717, 1.165) is 22.6 Å². The molecule has 5 heteroatoms. The molecule has 0 aliphatic rings. The van der Waals surface area contributed by atoms with Gasteiger partial charge < -0.3 is 15.8 Å². The number of anilines is 1. The molecular formula is C20H20N4O. The van der Waals surface area contributed by atoms with Crippen LogP contribution < -0.4 is 15.8 Å². The highest BCUT2D eigenvalue weighted by Gasteiger charge is 2.04. The molecule has 0 aliphatic carbocycles. The summed E-state index contributed by atoms with van der Waals surface area (Å²) in [6, 6.07) is 21.8. The Hall–Kier alpha value is -3.34. The smallest absolute Gasteiger partial charge is 0.193 e. The average molecular weight is 332 g/mol. The minimum absolute atomic E-state index is 0.353. The summed E-state index contributed by atoms with van der Waals surface area (Å²) in [6.45, 7) is 0.912. The maximum Gasteiger partial charge on any atom is 0.193 e. The third kappa shape index (κ3) is 4.81. The van der Waals surface area contributed by atoms with Gasteiger partial charge in [0.1, 0.15) is 12.4 Å². The Morgan fingerprint density at radius 1 is 0.960 bits per heavy atom. The summed E-state index contributed by atoms with van der Waals surface area (Å²) in [4.78, 5) is 8.23. The molecule has 3 N–H and O–H groups in total. The van der Waals surface area contributed by atoms with Crippen LogP contribution in [0.15, 0.2) is 84.1 Å². The molecular weight excluding hydrogens is 312 g/mol. The topological polar surface area (TPSA) is 72.5 Å². The van der Waals surface area contributed by atoms with E-state index in [1.807, 2.05) is 54.6 Å². The zero-order chi connectivity index (χ0) is 17.3. The fourth-order valence-corrected chi connectivity index (χ4v) is 2.39. The van der Waals surface area contributed by atoms with Gasteiger partial charge in [-0.15, -0.1) is 0 Å². The van der Waals surface area contributed by atoms with Gasteiger partial charge in [0.25, 0.3) is 0 Å². The Labute approximate surface area is 147 Å². The molecule has 3 rings (SSSR count). The molecule has 0 bridgehead atoms. The second-order valence-electron chi connectivity index (χ2n) is 5.34. The lowest BCUT2D eigenvalue weighted by Gasteiger charge is -2.11. The van der Waals surface area contributed by atoms with Crippen LogP contribution in [-0.4, -0.2) is 24.1 Å². The van der Waals surface area contributed by atoms with Crippen LogP contribution >= 0.6 is 0 Å². The number of nitrogens with one attached hydrogen (secondary N) is 1. The summed E-state index contributed by atoms with van der Waals surface area (Å²) in [5.74, 6) is 1.19. The Bertz CT molecular complexity index is 819. The number of aromatic nitrogens is 1. The molecule has 0 aliphatic heterocycles. The Morgan fingerprint density at radius 2 is 1.68 bits per heavy atom. The van der Waals surface area contributed by atoms with Crippen molar-refractivity contribution < 1.29 is 4.74 Å². The van der Waals surface area contributed by atoms with Crippen molar-refractivity contribution in [3.63, 3.8) is 0 Å². The number of nitrogens with two attached hydrogens (primary N) is 1. The van der Waals surface area contributed by atoms with E-state index in [4.69, 9.17) is 10.5 Å². The fraction of sp³-hybridized carbons (Fsp3) is 0.100. The van der Waals surface area contributed by atoms with Crippen molar-refractivity contribution in [3.05, 3.63) is 79.1 Å². The molecule has 126 valence electrons. The maximum atomic E-state index is 5.89. The van der Waals surface area contributed by atoms with Crippen molar-refractivity contribution in [1.29, 1.82) is 0 Å². The lowest BCUT2D eigenvalue weighted by atomic mass is 10.1. The first-order valence-corrected chi connectivity index (χ1v) is 8.07. The van der Waals surface area contributed by atoms with Crippen molar-refractivity contribution >= 4 is 11.6 Å². The number of para-hydroxylation sites is 1. The van der Waals surface area contributed by atoms with E-state index in [2.05, 4.69) is 27.4 Å². The highest BCUT2D eigenvalue weighted by atomic mass is 16.5. The summed E-state index contributed by atoms with van der Waals surface area (Å²) in [5, 5.41) is 3.01. The highest BCUT2D eigenvalue weighted by Crippen LogP contribution is 2.29. The molecule has 3 aromatic rings. The Kier molecular flexibility index (Phi) is 5.61. The number of guanidine groups is 1. The minimum Gasteiger partial charge on any atom is -0.491 e. The summed E-state index contributed by atoms with van der Waals surface area (Å²) in [6.07, 6.45) is 3.39. The zero-order valence-electron chi connectivity index (χ0n) is 13.8. The molecule has 0 saturated carbocycles. The van der Waals surface area contributed by atoms with Crippen molar-refractivity contribution in [2.75, 3.05) is 18.5 Å². The van der Waals surface area contributed by atoms with Crippen LogP contribution in [0.25, 0.3) is 11.1 Å². The van der Waals surface area contributed by atoms with Crippen molar-refractivity contribution in [2.45, 2.75) is 0 Å². The van der Waals surface area contributed by atoms with Gasteiger partial charge in [-0.25, -0.2) is 4.99 Å². The van der Waals surface area contributed by atoms with Gasteiger partial charge >= 0.3 is 0 Å². The summed E-state index contributed by atoms with van der Waals surface area (Å²) in [5.41, 5.74) is 8.91. The van der Waals surface area contributed by atoms with Gasteiger partial charge in [0.2, 0.25) is 0 Å². The molecule has 0 radical (unpaired) electrons. The molecule has 0 unspecified atom stereocenters. The van der Waals surface area contributed by atoms with Gasteiger partial charge in [0, 0.05) is 23.6 Å². The van der Waals surface area contributed by atoms with E-state index in [-0.39, 0.29) is 0 Å². The van der Waals surface area contributed by atoms with E-state index in [1.54, 1.807) is 12.4 Å². The highest BCUT2D eigenvalue weighted by molar-refractivity contribution is 5.92. The Balaban J connectivity index is 1.57. The predicted molar refractivity (Wildman–Crippen MR) is 102 cm³/mol. The second-order valence-corrected chi connectivity index (χ2v) is 5.34. The van der Waals surface area contributed by atoms with Crippen LogP contribution in [0.3, 0.4) is 0 Å². The number of nitrogens with zero attached hydrogens (tertiary/aromatic N) is 2. The maximum absolute atomic E-state index is 5.89. The van der Waals surface area contributed by atoms with Crippen LogP contribution in [-0.2, 0) is 0 Å². The second kappa shape index (κ2) is 8.49. The number of pyridine rings is 1. The van der Waals surface area contributed by atoms with Crippen molar-refractivity contribution in [2.24, 2.45) is 10.7 Å². The molecule has 0 amide bonds. The third-order valence-corrected chi connectivity index (χ3v) is 3.56. The van der Waals surface area contributed by atoms with Crippen LogP contribution in [0.1, 0.15) is 0 Å². The molecule has 0 fully saturated rings. The molecule has 5 nitrogen and oxygen atoms in total. The number of hydrogen-bond acceptors (Lipinski definition) is 3. The van der Waals surface area contributed by atoms with Gasteiger partial charge in [-0.3, -0.25) is 4.98 Å². The summed E-state index contributed by atoms with van der Waals surface area (Å²) in [7, 11) is 0. The molecule has 2 aromatic carbocycles. The summed E-state index contributed by atoms with van der Waals surface area (Å²) >= 11 is 0. The van der Waals surface area contributed by atoms with Crippen LogP contribution in [0, 0.1) is 0 Å². The van der Waals surface area contributed by atoms with E-state index in [1.165, 1.54) is 0 Å². The number of rotatable bonds is 6. The van der Waals surface area contributed by atoms with E-state index < -0.39 is 0 Å². The van der Waals surface area contributed by atoms with Gasteiger partial charge in [0.15, 0.2) is 5.96 Å². The quantitative estimate of drug-likeness (QED) is 0.411. The Morgan fingerprint density at radius 3 is 2.48 bits per heavy atom. The predicted octanol–water partition coefficient (Wildman–Crippen LogP) is 3.55. The van der Waals surface area contributed by atoms with E-state index in [0.29, 0.717) is 19.1 Å². The number of hydrogen-bond donors (Lipinski definition) is 2. The van der Waals surface area contributed by atoms with Gasteiger partial charge in [-0.05, 0) is 23.8 Å². The van der Waals surface area contributed by atoms with Gasteiger partial charge in [-0.2, -0.15) is 0 Å². The fourth-order valence-electron chi connectivity index (χ4n) is 2.39. The first kappa shape index (κ1) is 16.5. The normalized spacial score (nSPS) is 11.1. The lowest BCUT2D eigenvalue weighted by Crippen LogP contribution is -2.23. The molecule has 0 saturated heterocycles. The first-order chi connectivity index (χ1) is 12.3. The minimum atomic E-state index is 0.353. The molecule has 0 spiro atoms. The number of benzene rings is 2. The molecule has 0 atom stereocenters. The largest absolute Gasteiger partial charge is 0.491 e. The lowest BCUT2D eigenvalue weighted by molar-refractivity contribution is 0.330. The van der Waals surface area contributed by atoms with E-state index in [9.17, 15) is 0 Å². The summed E-state index contributed by atoms with van der Waals surface area (Å²) < 4.78 is 5.89.